The first kappa shape index (κ1) is 31.9. The standard InChI is InChI=1S/C43H48N4O/c1-9-31-19-20-44-40(21-31)46-38-16-11-10-15-36(38)37-18-17-34(25-39(37)46)48-35-23-32(26(2)3)22-33(24-35)47-43(27(4)5)42(30(8)45-47)41-28(6)13-12-14-29(41)7/h10-11,13,15-27,29,41H,9,12,14H2,1-8H3/t29-,41?/m0/s1. The number of para-hydroxylation sites is 1. The summed E-state index contributed by atoms with van der Waals surface area (Å²) in [7, 11) is 0. The molecule has 0 radical (unpaired) electrons. The van der Waals surface area contributed by atoms with Crippen molar-refractivity contribution >= 4 is 21.8 Å². The summed E-state index contributed by atoms with van der Waals surface area (Å²) in [6, 6.07) is 25.9. The molecule has 1 unspecified atom stereocenters. The molecular formula is C43H48N4O. The van der Waals surface area contributed by atoms with Gasteiger partial charge in [0.15, 0.2) is 0 Å². The fraction of sp³-hybridized carbons (Fsp3) is 0.349. The van der Waals surface area contributed by atoms with E-state index >= 15 is 0 Å². The van der Waals surface area contributed by atoms with Crippen LogP contribution in [0, 0.1) is 12.8 Å². The topological polar surface area (TPSA) is 44.9 Å². The Labute approximate surface area is 285 Å². The Balaban J connectivity index is 1.35. The van der Waals surface area contributed by atoms with Gasteiger partial charge in [0.2, 0.25) is 0 Å². The van der Waals surface area contributed by atoms with Crippen molar-refractivity contribution in [2.75, 3.05) is 0 Å². The van der Waals surface area contributed by atoms with Crippen molar-refractivity contribution in [2.45, 2.75) is 92.4 Å². The molecule has 2 atom stereocenters. The highest BCUT2D eigenvalue weighted by molar-refractivity contribution is 6.09. The minimum Gasteiger partial charge on any atom is -0.457 e. The molecule has 246 valence electrons. The van der Waals surface area contributed by atoms with E-state index in [9.17, 15) is 0 Å². The number of benzene rings is 3. The highest BCUT2D eigenvalue weighted by Crippen LogP contribution is 2.44. The quantitative estimate of drug-likeness (QED) is 0.156. The van der Waals surface area contributed by atoms with Crippen LogP contribution >= 0.6 is 0 Å². The maximum Gasteiger partial charge on any atom is 0.137 e. The lowest BCUT2D eigenvalue weighted by atomic mass is 9.74. The van der Waals surface area contributed by atoms with Crippen LogP contribution in [-0.4, -0.2) is 19.3 Å². The van der Waals surface area contributed by atoms with Crippen LogP contribution in [0.4, 0.5) is 0 Å². The molecule has 3 aromatic heterocycles. The summed E-state index contributed by atoms with van der Waals surface area (Å²) >= 11 is 0. The number of hydrogen-bond acceptors (Lipinski definition) is 3. The number of aryl methyl sites for hydroxylation is 2. The zero-order valence-electron chi connectivity index (χ0n) is 29.7. The van der Waals surface area contributed by atoms with Gasteiger partial charge >= 0.3 is 0 Å². The molecule has 6 aromatic rings. The van der Waals surface area contributed by atoms with Gasteiger partial charge in [0, 0.05) is 40.6 Å². The summed E-state index contributed by atoms with van der Waals surface area (Å²) in [5.41, 5.74) is 11.1. The zero-order valence-corrected chi connectivity index (χ0v) is 29.7. The molecule has 0 spiro atoms. The molecule has 0 N–H and O–H groups in total. The van der Waals surface area contributed by atoms with Crippen molar-refractivity contribution in [3.05, 3.63) is 119 Å². The summed E-state index contributed by atoms with van der Waals surface area (Å²) in [6.45, 7) is 18.2. The first-order valence-corrected chi connectivity index (χ1v) is 17.7. The predicted octanol–water partition coefficient (Wildman–Crippen LogP) is 11.7. The summed E-state index contributed by atoms with van der Waals surface area (Å²) in [5.74, 6) is 4.18. The van der Waals surface area contributed by atoms with E-state index in [0.717, 1.165) is 46.2 Å². The Hall–Kier alpha value is -4.64. The molecule has 5 heteroatoms. The van der Waals surface area contributed by atoms with E-state index < -0.39 is 0 Å². The Morgan fingerprint density at radius 3 is 2.40 bits per heavy atom. The van der Waals surface area contributed by atoms with E-state index in [1.54, 1.807) is 0 Å². The Kier molecular flexibility index (Phi) is 8.49. The van der Waals surface area contributed by atoms with Crippen molar-refractivity contribution in [3.63, 3.8) is 0 Å². The number of pyridine rings is 1. The van der Waals surface area contributed by atoms with E-state index in [4.69, 9.17) is 14.8 Å². The first-order valence-electron chi connectivity index (χ1n) is 17.7. The van der Waals surface area contributed by atoms with Crippen LogP contribution in [0.2, 0.25) is 0 Å². The van der Waals surface area contributed by atoms with Crippen LogP contribution in [-0.2, 0) is 6.42 Å². The largest absolute Gasteiger partial charge is 0.457 e. The molecule has 3 heterocycles. The molecule has 7 rings (SSSR count). The number of allylic oxidation sites excluding steroid dienone is 2. The van der Waals surface area contributed by atoms with Gasteiger partial charge < -0.3 is 4.74 Å². The van der Waals surface area contributed by atoms with Gasteiger partial charge in [0.25, 0.3) is 0 Å². The van der Waals surface area contributed by atoms with Gasteiger partial charge in [-0.25, -0.2) is 9.67 Å². The Morgan fingerprint density at radius 2 is 1.65 bits per heavy atom. The van der Waals surface area contributed by atoms with Crippen LogP contribution in [0.1, 0.15) is 107 Å². The fourth-order valence-corrected chi connectivity index (χ4v) is 7.84. The third kappa shape index (κ3) is 5.63. The molecule has 1 aliphatic rings. The van der Waals surface area contributed by atoms with E-state index in [-0.39, 0.29) is 0 Å². The molecule has 0 fully saturated rings. The van der Waals surface area contributed by atoms with Crippen LogP contribution in [0.25, 0.3) is 33.3 Å². The average molecular weight is 637 g/mol. The summed E-state index contributed by atoms with van der Waals surface area (Å²) in [4.78, 5) is 4.80. The zero-order chi connectivity index (χ0) is 33.7. The van der Waals surface area contributed by atoms with Gasteiger partial charge in [-0.15, -0.1) is 0 Å². The minimum absolute atomic E-state index is 0.319. The molecule has 0 saturated heterocycles. The molecule has 3 aromatic carbocycles. The van der Waals surface area contributed by atoms with Crippen molar-refractivity contribution in [1.82, 2.24) is 19.3 Å². The number of nitrogens with zero attached hydrogens (tertiary/aromatic N) is 4. The second-order valence-electron chi connectivity index (χ2n) is 14.4. The monoisotopic (exact) mass is 636 g/mol. The molecule has 0 saturated carbocycles. The normalized spacial score (nSPS) is 16.8. The van der Waals surface area contributed by atoms with Gasteiger partial charge in [0.1, 0.15) is 17.3 Å². The van der Waals surface area contributed by atoms with Crippen molar-refractivity contribution in [1.29, 1.82) is 0 Å². The van der Waals surface area contributed by atoms with Crippen molar-refractivity contribution < 1.29 is 4.74 Å². The maximum atomic E-state index is 6.78. The van der Waals surface area contributed by atoms with Gasteiger partial charge in [-0.1, -0.05) is 71.4 Å². The molecule has 5 nitrogen and oxygen atoms in total. The van der Waals surface area contributed by atoms with E-state index in [0.29, 0.717) is 23.7 Å². The number of fused-ring (bicyclic) bond motifs is 3. The lowest BCUT2D eigenvalue weighted by Crippen LogP contribution is -2.18. The molecule has 48 heavy (non-hydrogen) atoms. The van der Waals surface area contributed by atoms with Gasteiger partial charge in [-0.05, 0) is 104 Å². The number of ether oxygens (including phenoxy) is 1. The van der Waals surface area contributed by atoms with Gasteiger partial charge in [0.05, 0.1) is 28.1 Å². The SMILES string of the molecule is CCc1ccnc(-n2c3ccccc3c3ccc(Oc4cc(C(C)C)cc(-n5nc(C)c(C6C(C)=CCC[C@@H]6C)c5C(C)C)c4)cc32)c1. The second-order valence-corrected chi connectivity index (χ2v) is 14.4. The summed E-state index contributed by atoms with van der Waals surface area (Å²) in [6.07, 6.45) is 7.69. The lowest BCUT2D eigenvalue weighted by molar-refractivity contribution is 0.445. The summed E-state index contributed by atoms with van der Waals surface area (Å²) in [5, 5.41) is 7.63. The molecule has 1 aliphatic carbocycles. The molecule has 0 amide bonds. The van der Waals surface area contributed by atoms with E-state index in [1.165, 1.54) is 51.6 Å². The van der Waals surface area contributed by atoms with Crippen LogP contribution in [0.3, 0.4) is 0 Å². The summed E-state index contributed by atoms with van der Waals surface area (Å²) < 4.78 is 11.2. The Bertz CT molecular complexity index is 2160. The Morgan fingerprint density at radius 1 is 0.854 bits per heavy atom. The fourth-order valence-electron chi connectivity index (χ4n) is 7.84. The molecule has 0 bridgehead atoms. The predicted molar refractivity (Wildman–Crippen MR) is 199 cm³/mol. The van der Waals surface area contributed by atoms with Gasteiger partial charge in [-0.2, -0.15) is 5.10 Å². The first-order chi connectivity index (χ1) is 23.1. The van der Waals surface area contributed by atoms with Crippen molar-refractivity contribution in [2.24, 2.45) is 5.92 Å². The smallest absolute Gasteiger partial charge is 0.137 e. The highest BCUT2D eigenvalue weighted by atomic mass is 16.5. The van der Waals surface area contributed by atoms with Gasteiger partial charge in [-0.3, -0.25) is 4.57 Å². The number of rotatable bonds is 8. The van der Waals surface area contributed by atoms with Crippen LogP contribution < -0.4 is 4.74 Å². The highest BCUT2D eigenvalue weighted by Gasteiger charge is 2.32. The van der Waals surface area contributed by atoms with Crippen molar-refractivity contribution in [3.8, 4) is 23.0 Å². The third-order valence-corrected chi connectivity index (χ3v) is 10.3. The lowest BCUT2D eigenvalue weighted by Gasteiger charge is -2.30. The molecule has 0 aliphatic heterocycles. The second kappa shape index (κ2) is 12.8. The average Bonchev–Trinajstić information content (AvgIpc) is 3.59. The van der Waals surface area contributed by atoms with Crippen LogP contribution in [0.15, 0.2) is 90.6 Å². The number of aromatic nitrogens is 4. The number of hydrogen-bond donors (Lipinski definition) is 0. The minimum atomic E-state index is 0.319. The van der Waals surface area contributed by atoms with E-state index in [1.807, 2.05) is 6.20 Å². The van der Waals surface area contributed by atoms with E-state index in [2.05, 4.69) is 144 Å². The maximum absolute atomic E-state index is 6.78. The van der Waals surface area contributed by atoms with Crippen LogP contribution in [0.5, 0.6) is 11.5 Å². The molecular weight excluding hydrogens is 589 g/mol. The third-order valence-electron chi connectivity index (χ3n) is 10.3.